The summed E-state index contributed by atoms with van der Waals surface area (Å²) in [5.41, 5.74) is -0.227. The molecule has 1 saturated carbocycles. The zero-order valence-electron chi connectivity index (χ0n) is 13.7. The van der Waals surface area contributed by atoms with Crippen LogP contribution >= 0.6 is 0 Å². The van der Waals surface area contributed by atoms with Gasteiger partial charge in [-0.1, -0.05) is 6.92 Å². The van der Waals surface area contributed by atoms with Crippen molar-refractivity contribution in [2.24, 2.45) is 17.8 Å². The Balaban J connectivity index is 1.46. The third-order valence-corrected chi connectivity index (χ3v) is 5.30. The minimum Gasteiger partial charge on any atom is -0.371 e. The van der Waals surface area contributed by atoms with E-state index in [1.807, 2.05) is 4.90 Å². The van der Waals surface area contributed by atoms with E-state index in [4.69, 9.17) is 9.47 Å². The van der Waals surface area contributed by atoms with Gasteiger partial charge in [-0.3, -0.25) is 9.59 Å². The van der Waals surface area contributed by atoms with Gasteiger partial charge in [-0.25, -0.2) is 0 Å². The average molecular weight is 310 g/mol. The minimum atomic E-state index is -0.227. The second kappa shape index (κ2) is 5.81. The SMILES string of the molecule is C[C@@H]1C[C@@H]1C(=O)N1CC2(C1)OCC[C@H]2COCC(=O)N(C)C. The fourth-order valence-electron chi connectivity index (χ4n) is 3.44. The topological polar surface area (TPSA) is 59.1 Å². The number of nitrogens with zero attached hydrogens (tertiary/aromatic N) is 2. The summed E-state index contributed by atoms with van der Waals surface area (Å²) < 4.78 is 11.5. The number of likely N-dealkylation sites (tertiary alicyclic amines) is 1. The Hall–Kier alpha value is -1.14. The summed E-state index contributed by atoms with van der Waals surface area (Å²) in [5.74, 6) is 1.33. The molecule has 3 fully saturated rings. The molecule has 6 heteroatoms. The van der Waals surface area contributed by atoms with Crippen molar-refractivity contribution in [1.29, 1.82) is 0 Å². The van der Waals surface area contributed by atoms with Crippen LogP contribution in [0.25, 0.3) is 0 Å². The van der Waals surface area contributed by atoms with E-state index < -0.39 is 0 Å². The van der Waals surface area contributed by atoms with Gasteiger partial charge in [0.15, 0.2) is 0 Å². The maximum atomic E-state index is 12.2. The van der Waals surface area contributed by atoms with Gasteiger partial charge in [0.2, 0.25) is 11.8 Å². The fraction of sp³-hybridized carbons (Fsp3) is 0.875. The first kappa shape index (κ1) is 15.7. The maximum Gasteiger partial charge on any atom is 0.248 e. The first-order valence-corrected chi connectivity index (χ1v) is 8.13. The maximum absolute atomic E-state index is 12.2. The first-order valence-electron chi connectivity index (χ1n) is 8.13. The Morgan fingerprint density at radius 1 is 1.36 bits per heavy atom. The summed E-state index contributed by atoms with van der Waals surface area (Å²) in [5, 5.41) is 0. The Morgan fingerprint density at radius 3 is 2.64 bits per heavy atom. The van der Waals surface area contributed by atoms with Crippen molar-refractivity contribution in [2.75, 3.05) is 47.0 Å². The second-order valence-corrected chi connectivity index (χ2v) is 7.22. The number of rotatable bonds is 5. The molecule has 0 aromatic heterocycles. The summed E-state index contributed by atoms with van der Waals surface area (Å²) in [4.78, 5) is 27.2. The summed E-state index contributed by atoms with van der Waals surface area (Å²) >= 11 is 0. The molecule has 0 aromatic rings. The van der Waals surface area contributed by atoms with Crippen LogP contribution < -0.4 is 0 Å². The molecule has 3 rings (SSSR count). The summed E-state index contributed by atoms with van der Waals surface area (Å²) in [7, 11) is 3.44. The highest BCUT2D eigenvalue weighted by Crippen LogP contribution is 2.45. The quantitative estimate of drug-likeness (QED) is 0.736. The normalized spacial score (nSPS) is 32.0. The number of ether oxygens (including phenoxy) is 2. The van der Waals surface area contributed by atoms with Crippen LogP contribution in [-0.4, -0.2) is 74.2 Å². The Bertz CT molecular complexity index is 459. The molecule has 0 bridgehead atoms. The number of carbonyl (C=O) groups excluding carboxylic acids is 2. The lowest BCUT2D eigenvalue weighted by Gasteiger charge is -2.50. The van der Waals surface area contributed by atoms with E-state index in [0.717, 1.165) is 19.4 Å². The number of likely N-dealkylation sites (N-methyl/N-ethyl adjacent to an activating group) is 1. The lowest BCUT2D eigenvalue weighted by Crippen LogP contribution is -2.67. The van der Waals surface area contributed by atoms with E-state index in [1.54, 1.807) is 14.1 Å². The van der Waals surface area contributed by atoms with Gasteiger partial charge in [0, 0.05) is 32.5 Å². The Kier molecular flexibility index (Phi) is 4.16. The number of amides is 2. The predicted molar refractivity (Wildman–Crippen MR) is 80.2 cm³/mol. The summed E-state index contributed by atoms with van der Waals surface area (Å²) in [6.07, 6.45) is 1.97. The third kappa shape index (κ3) is 2.86. The lowest BCUT2D eigenvalue weighted by atomic mass is 9.81. The largest absolute Gasteiger partial charge is 0.371 e. The molecule has 0 unspecified atom stereocenters. The van der Waals surface area contributed by atoms with Crippen molar-refractivity contribution in [3.63, 3.8) is 0 Å². The number of hydrogen-bond donors (Lipinski definition) is 0. The smallest absolute Gasteiger partial charge is 0.248 e. The van der Waals surface area contributed by atoms with E-state index in [-0.39, 0.29) is 35.9 Å². The standard InChI is InChI=1S/C16H26N2O4/c1-11-6-13(11)15(20)18-9-16(10-18)12(4-5-22-16)7-21-8-14(19)17(2)3/h11-13H,4-10H2,1-3H3/t11-,12+,13+/m1/s1. The molecule has 0 N–H and O–H groups in total. The van der Waals surface area contributed by atoms with Gasteiger partial charge in [0.25, 0.3) is 0 Å². The molecule has 2 heterocycles. The van der Waals surface area contributed by atoms with Crippen molar-refractivity contribution in [3.05, 3.63) is 0 Å². The van der Waals surface area contributed by atoms with E-state index in [9.17, 15) is 9.59 Å². The molecular formula is C16H26N2O4. The van der Waals surface area contributed by atoms with Crippen LogP contribution in [0.4, 0.5) is 0 Å². The summed E-state index contributed by atoms with van der Waals surface area (Å²) in [6.45, 7) is 4.86. The minimum absolute atomic E-state index is 0.0268. The van der Waals surface area contributed by atoms with Crippen molar-refractivity contribution in [2.45, 2.75) is 25.4 Å². The molecule has 124 valence electrons. The highest BCUT2D eigenvalue weighted by molar-refractivity contribution is 5.82. The van der Waals surface area contributed by atoms with Crippen LogP contribution in [0.1, 0.15) is 19.8 Å². The molecule has 1 spiro atoms. The Morgan fingerprint density at radius 2 is 2.05 bits per heavy atom. The monoisotopic (exact) mass is 310 g/mol. The van der Waals surface area contributed by atoms with Crippen LogP contribution in [0.2, 0.25) is 0 Å². The predicted octanol–water partition coefficient (Wildman–Crippen LogP) is 0.365. The Labute approximate surface area is 131 Å². The van der Waals surface area contributed by atoms with Crippen molar-refractivity contribution < 1.29 is 19.1 Å². The molecule has 3 atom stereocenters. The second-order valence-electron chi connectivity index (χ2n) is 7.22. The van der Waals surface area contributed by atoms with Gasteiger partial charge in [0.1, 0.15) is 12.2 Å². The molecule has 6 nitrogen and oxygen atoms in total. The molecule has 1 aliphatic carbocycles. The van der Waals surface area contributed by atoms with Crippen LogP contribution in [-0.2, 0) is 19.1 Å². The van der Waals surface area contributed by atoms with Crippen LogP contribution in [0.5, 0.6) is 0 Å². The van der Waals surface area contributed by atoms with Gasteiger partial charge in [0.05, 0.1) is 19.7 Å². The van der Waals surface area contributed by atoms with E-state index in [2.05, 4.69) is 6.92 Å². The van der Waals surface area contributed by atoms with Crippen molar-refractivity contribution in [3.8, 4) is 0 Å². The molecule has 2 amide bonds. The number of hydrogen-bond acceptors (Lipinski definition) is 4. The van der Waals surface area contributed by atoms with Gasteiger partial charge in [-0.05, 0) is 18.8 Å². The molecule has 2 aliphatic heterocycles. The van der Waals surface area contributed by atoms with Crippen LogP contribution in [0.3, 0.4) is 0 Å². The zero-order chi connectivity index (χ0) is 15.9. The van der Waals surface area contributed by atoms with E-state index in [1.165, 1.54) is 4.90 Å². The van der Waals surface area contributed by atoms with E-state index >= 15 is 0 Å². The van der Waals surface area contributed by atoms with Crippen LogP contribution in [0.15, 0.2) is 0 Å². The lowest BCUT2D eigenvalue weighted by molar-refractivity contribution is -0.170. The van der Waals surface area contributed by atoms with Crippen molar-refractivity contribution in [1.82, 2.24) is 9.80 Å². The average Bonchev–Trinajstić information content (AvgIpc) is 3.00. The molecule has 0 radical (unpaired) electrons. The molecule has 22 heavy (non-hydrogen) atoms. The number of carbonyl (C=O) groups is 2. The molecule has 2 saturated heterocycles. The fourth-order valence-corrected chi connectivity index (χ4v) is 3.44. The van der Waals surface area contributed by atoms with Crippen molar-refractivity contribution >= 4 is 11.8 Å². The van der Waals surface area contributed by atoms with Gasteiger partial charge in [-0.15, -0.1) is 0 Å². The van der Waals surface area contributed by atoms with Gasteiger partial charge in [-0.2, -0.15) is 0 Å². The molecule has 0 aromatic carbocycles. The zero-order valence-corrected chi connectivity index (χ0v) is 13.7. The van der Waals surface area contributed by atoms with Gasteiger partial charge < -0.3 is 19.3 Å². The highest BCUT2D eigenvalue weighted by Gasteiger charge is 2.56. The molecule has 3 aliphatic rings. The highest BCUT2D eigenvalue weighted by atomic mass is 16.5. The first-order chi connectivity index (χ1) is 10.4. The van der Waals surface area contributed by atoms with E-state index in [0.29, 0.717) is 25.6 Å². The molecular weight excluding hydrogens is 284 g/mol. The van der Waals surface area contributed by atoms with Gasteiger partial charge >= 0.3 is 0 Å². The third-order valence-electron chi connectivity index (χ3n) is 5.30. The van der Waals surface area contributed by atoms with Crippen LogP contribution in [0, 0.1) is 17.8 Å². The summed E-state index contributed by atoms with van der Waals surface area (Å²) in [6, 6.07) is 0.